The Morgan fingerprint density at radius 1 is 1.15 bits per heavy atom. The average Bonchev–Trinajstić information content (AvgIpc) is 3.31. The maximum absolute atomic E-state index is 12.7. The second-order valence-corrected chi connectivity index (χ2v) is 6.38. The number of carbonyl (C=O) groups excluding carboxylic acids is 2. The Hall–Kier alpha value is -3.42. The Balaban J connectivity index is 1.73. The van der Waals surface area contributed by atoms with Crippen LogP contribution in [0.3, 0.4) is 0 Å². The summed E-state index contributed by atoms with van der Waals surface area (Å²) in [6, 6.07) is 9.53. The lowest BCUT2D eigenvalue weighted by Crippen LogP contribution is -2.47. The molecule has 0 spiro atoms. The maximum Gasteiger partial charge on any atom is 0.287 e. The third-order valence-electron chi connectivity index (χ3n) is 3.90. The van der Waals surface area contributed by atoms with Crippen molar-refractivity contribution in [2.24, 2.45) is 5.92 Å². The van der Waals surface area contributed by atoms with E-state index < -0.39 is 11.9 Å². The molecule has 0 unspecified atom stereocenters. The number of anilines is 1. The quantitative estimate of drug-likeness (QED) is 0.692. The lowest BCUT2D eigenvalue weighted by Gasteiger charge is -2.21. The molecule has 3 aromatic rings. The minimum atomic E-state index is -0.723. The van der Waals surface area contributed by atoms with Crippen molar-refractivity contribution in [1.29, 1.82) is 0 Å². The number of nitrogens with zero attached hydrogens (tertiary/aromatic N) is 2. The number of aromatic nitrogens is 2. The molecule has 0 saturated carbocycles. The summed E-state index contributed by atoms with van der Waals surface area (Å²) in [5.41, 5.74) is 1.28. The number of furan rings is 1. The predicted molar refractivity (Wildman–Crippen MR) is 97.9 cm³/mol. The molecule has 2 N–H and O–H groups in total. The monoisotopic (exact) mass is 368 g/mol. The number of hydrogen-bond donors (Lipinski definition) is 2. The molecule has 0 aliphatic carbocycles. The van der Waals surface area contributed by atoms with Crippen LogP contribution in [0.25, 0.3) is 11.4 Å². The van der Waals surface area contributed by atoms with E-state index in [1.807, 2.05) is 19.9 Å². The van der Waals surface area contributed by atoms with Crippen molar-refractivity contribution in [2.75, 3.05) is 5.32 Å². The van der Waals surface area contributed by atoms with E-state index in [1.54, 1.807) is 37.3 Å². The number of rotatable bonds is 6. The summed E-state index contributed by atoms with van der Waals surface area (Å²) in [5.74, 6) is 0.168. The highest BCUT2D eigenvalue weighted by molar-refractivity contribution is 6.00. The van der Waals surface area contributed by atoms with E-state index in [0.29, 0.717) is 23.0 Å². The van der Waals surface area contributed by atoms with Gasteiger partial charge in [0.25, 0.3) is 5.91 Å². The fourth-order valence-corrected chi connectivity index (χ4v) is 2.53. The molecule has 8 nitrogen and oxygen atoms in total. The van der Waals surface area contributed by atoms with Crippen LogP contribution in [0.4, 0.5) is 5.69 Å². The molecule has 2 heterocycles. The molecule has 3 rings (SSSR count). The molecule has 1 atom stereocenters. The summed E-state index contributed by atoms with van der Waals surface area (Å²) in [7, 11) is 0. The zero-order chi connectivity index (χ0) is 19.4. The zero-order valence-electron chi connectivity index (χ0n) is 15.2. The van der Waals surface area contributed by atoms with E-state index in [4.69, 9.17) is 8.94 Å². The van der Waals surface area contributed by atoms with Gasteiger partial charge in [0.2, 0.25) is 17.6 Å². The molecule has 27 heavy (non-hydrogen) atoms. The van der Waals surface area contributed by atoms with E-state index in [2.05, 4.69) is 20.8 Å². The van der Waals surface area contributed by atoms with E-state index in [1.165, 1.54) is 6.26 Å². The van der Waals surface area contributed by atoms with Gasteiger partial charge in [-0.05, 0) is 30.2 Å². The van der Waals surface area contributed by atoms with Gasteiger partial charge in [0.15, 0.2) is 5.76 Å². The fraction of sp³-hybridized carbons (Fsp3) is 0.263. The smallest absolute Gasteiger partial charge is 0.287 e. The van der Waals surface area contributed by atoms with Crippen molar-refractivity contribution in [3.8, 4) is 11.4 Å². The summed E-state index contributed by atoms with van der Waals surface area (Å²) >= 11 is 0. The van der Waals surface area contributed by atoms with Crippen LogP contribution >= 0.6 is 0 Å². The van der Waals surface area contributed by atoms with Crippen molar-refractivity contribution in [1.82, 2.24) is 15.5 Å². The predicted octanol–water partition coefficient (Wildman–Crippen LogP) is 3.03. The minimum absolute atomic E-state index is 0.119. The van der Waals surface area contributed by atoms with Gasteiger partial charge in [0.1, 0.15) is 6.04 Å². The van der Waals surface area contributed by atoms with Gasteiger partial charge in [-0.3, -0.25) is 9.59 Å². The van der Waals surface area contributed by atoms with Crippen LogP contribution in [-0.4, -0.2) is 28.0 Å². The second-order valence-electron chi connectivity index (χ2n) is 6.38. The van der Waals surface area contributed by atoms with Crippen molar-refractivity contribution >= 4 is 17.5 Å². The molecule has 2 amide bonds. The largest absolute Gasteiger partial charge is 0.459 e. The molecule has 0 radical (unpaired) electrons. The highest BCUT2D eigenvalue weighted by Gasteiger charge is 2.25. The zero-order valence-corrected chi connectivity index (χ0v) is 15.2. The van der Waals surface area contributed by atoms with Gasteiger partial charge in [-0.25, -0.2) is 0 Å². The molecule has 1 aromatic carbocycles. The molecule has 0 aliphatic heterocycles. The number of benzene rings is 1. The van der Waals surface area contributed by atoms with E-state index in [9.17, 15) is 9.59 Å². The van der Waals surface area contributed by atoms with Crippen LogP contribution in [0.15, 0.2) is 51.6 Å². The fourth-order valence-electron chi connectivity index (χ4n) is 2.53. The van der Waals surface area contributed by atoms with Crippen LogP contribution in [0.1, 0.15) is 30.3 Å². The Kier molecular flexibility index (Phi) is 5.35. The third-order valence-corrected chi connectivity index (χ3v) is 3.90. The molecule has 8 heteroatoms. The van der Waals surface area contributed by atoms with Crippen LogP contribution in [0, 0.1) is 12.8 Å². The maximum atomic E-state index is 12.7. The van der Waals surface area contributed by atoms with Gasteiger partial charge in [-0.1, -0.05) is 31.1 Å². The third kappa shape index (κ3) is 4.41. The molecule has 0 bridgehead atoms. The second kappa shape index (κ2) is 7.86. The van der Waals surface area contributed by atoms with Crippen LogP contribution < -0.4 is 10.6 Å². The molecular formula is C19H20N4O4. The van der Waals surface area contributed by atoms with E-state index >= 15 is 0 Å². The minimum Gasteiger partial charge on any atom is -0.459 e. The number of carbonyl (C=O) groups is 2. The standard InChI is InChI=1S/C19H20N4O4/c1-11(2)16(22-18(24)15-8-5-9-26-15)19(25)21-14-7-4-6-13(10-14)17-20-12(3)27-23-17/h4-11,16H,1-3H3,(H,21,25)(H,22,24)/t16-/m0/s1. The molecule has 140 valence electrons. The first-order valence-corrected chi connectivity index (χ1v) is 8.50. The van der Waals surface area contributed by atoms with Gasteiger partial charge in [-0.15, -0.1) is 0 Å². The number of nitrogens with one attached hydrogen (secondary N) is 2. The number of aryl methyl sites for hydroxylation is 1. The van der Waals surface area contributed by atoms with Gasteiger partial charge in [0, 0.05) is 18.2 Å². The first-order valence-electron chi connectivity index (χ1n) is 8.50. The summed E-state index contributed by atoms with van der Waals surface area (Å²) in [6.45, 7) is 5.41. The van der Waals surface area contributed by atoms with Gasteiger partial charge in [-0.2, -0.15) is 4.98 Å². The lowest BCUT2D eigenvalue weighted by molar-refractivity contribution is -0.118. The van der Waals surface area contributed by atoms with E-state index in [-0.39, 0.29) is 17.6 Å². The van der Waals surface area contributed by atoms with Gasteiger partial charge in [0.05, 0.1) is 6.26 Å². The van der Waals surface area contributed by atoms with Crippen molar-refractivity contribution in [3.63, 3.8) is 0 Å². The topological polar surface area (TPSA) is 110 Å². The van der Waals surface area contributed by atoms with Gasteiger partial charge >= 0.3 is 0 Å². The van der Waals surface area contributed by atoms with Crippen molar-refractivity contribution in [3.05, 3.63) is 54.3 Å². The van der Waals surface area contributed by atoms with Crippen LogP contribution in [0.2, 0.25) is 0 Å². The van der Waals surface area contributed by atoms with Crippen LogP contribution in [-0.2, 0) is 4.79 Å². The van der Waals surface area contributed by atoms with Crippen molar-refractivity contribution < 1.29 is 18.5 Å². The molecule has 0 saturated heterocycles. The number of hydrogen-bond acceptors (Lipinski definition) is 6. The Bertz CT molecular complexity index is 931. The Morgan fingerprint density at radius 2 is 1.96 bits per heavy atom. The molecule has 0 aliphatic rings. The van der Waals surface area contributed by atoms with Crippen LogP contribution in [0.5, 0.6) is 0 Å². The normalized spacial score (nSPS) is 12.0. The first kappa shape index (κ1) is 18.4. The van der Waals surface area contributed by atoms with Gasteiger partial charge < -0.3 is 19.6 Å². The Labute approximate surface area is 156 Å². The SMILES string of the molecule is Cc1nc(-c2cccc(NC(=O)[C@@H](NC(=O)c3ccco3)C(C)C)c2)no1. The molecule has 2 aromatic heterocycles. The summed E-state index contributed by atoms with van der Waals surface area (Å²) in [5, 5.41) is 9.40. The number of amides is 2. The van der Waals surface area contributed by atoms with Crippen molar-refractivity contribution in [2.45, 2.75) is 26.8 Å². The Morgan fingerprint density at radius 3 is 2.59 bits per heavy atom. The van der Waals surface area contributed by atoms with E-state index in [0.717, 1.165) is 0 Å². The molecular weight excluding hydrogens is 348 g/mol. The lowest BCUT2D eigenvalue weighted by atomic mass is 10.0. The summed E-state index contributed by atoms with van der Waals surface area (Å²) in [6.07, 6.45) is 1.41. The summed E-state index contributed by atoms with van der Waals surface area (Å²) in [4.78, 5) is 29.1. The highest BCUT2D eigenvalue weighted by atomic mass is 16.5. The first-order chi connectivity index (χ1) is 12.9. The molecule has 0 fully saturated rings. The summed E-state index contributed by atoms with van der Waals surface area (Å²) < 4.78 is 10.1. The highest BCUT2D eigenvalue weighted by Crippen LogP contribution is 2.20. The average molecular weight is 368 g/mol.